The Morgan fingerprint density at radius 2 is 1.62 bits per heavy atom. The Morgan fingerprint density at radius 3 is 2.28 bits per heavy atom. The summed E-state index contributed by atoms with van der Waals surface area (Å²) in [6.45, 7) is 10.3. The van der Waals surface area contributed by atoms with E-state index >= 15 is 0 Å². The summed E-state index contributed by atoms with van der Waals surface area (Å²) in [4.78, 5) is 16.5. The number of carbonyl (C=O) groups is 1. The van der Waals surface area contributed by atoms with E-state index in [0.717, 1.165) is 66.6 Å². The number of aryl methyl sites for hydroxylation is 2. The highest BCUT2D eigenvalue weighted by molar-refractivity contribution is 5.88. The van der Waals surface area contributed by atoms with E-state index in [9.17, 15) is 4.79 Å². The van der Waals surface area contributed by atoms with E-state index in [1.54, 1.807) is 0 Å². The van der Waals surface area contributed by atoms with Crippen molar-refractivity contribution in [3.05, 3.63) is 107 Å². The van der Waals surface area contributed by atoms with Gasteiger partial charge in [0.25, 0.3) is 0 Å². The van der Waals surface area contributed by atoms with Crippen LogP contribution < -0.4 is 5.32 Å². The van der Waals surface area contributed by atoms with E-state index in [1.165, 1.54) is 12.5 Å². The van der Waals surface area contributed by atoms with Crippen LogP contribution in [-0.2, 0) is 4.79 Å². The summed E-state index contributed by atoms with van der Waals surface area (Å²) < 4.78 is 1.89. The highest BCUT2D eigenvalue weighted by Crippen LogP contribution is 2.31. The lowest BCUT2D eigenvalue weighted by atomic mass is 10.0. The Labute approximate surface area is 230 Å². The van der Waals surface area contributed by atoms with E-state index in [2.05, 4.69) is 111 Å². The third-order valence-corrected chi connectivity index (χ3v) is 7.18. The molecule has 8 nitrogen and oxygen atoms in total. The van der Waals surface area contributed by atoms with Crippen LogP contribution in [0.2, 0.25) is 0 Å². The number of hydrogen-bond donors (Lipinski definition) is 1. The molecule has 1 aliphatic heterocycles. The zero-order valence-electron chi connectivity index (χ0n) is 22.8. The maximum absolute atomic E-state index is 11.6. The SMILES string of the molecule is CC(=O)Nc1ccc([C@@H](c2nnnn2-c2c(C)cccc2C)N2CCN(CC=Cc3ccccc3)CC2)cc1. The van der Waals surface area contributed by atoms with Gasteiger partial charge in [0.2, 0.25) is 5.91 Å². The summed E-state index contributed by atoms with van der Waals surface area (Å²) >= 11 is 0. The van der Waals surface area contributed by atoms with Gasteiger partial charge < -0.3 is 5.32 Å². The number of benzene rings is 3. The Hall–Kier alpha value is -4.14. The van der Waals surface area contributed by atoms with Crippen molar-refractivity contribution in [2.75, 3.05) is 38.0 Å². The molecule has 0 bridgehead atoms. The van der Waals surface area contributed by atoms with E-state index < -0.39 is 0 Å². The number of carbonyl (C=O) groups excluding carboxylic acids is 1. The second-order valence-electron chi connectivity index (χ2n) is 10.0. The van der Waals surface area contributed by atoms with Crippen molar-refractivity contribution in [1.29, 1.82) is 0 Å². The molecule has 3 aromatic carbocycles. The van der Waals surface area contributed by atoms with Crippen LogP contribution in [-0.4, -0.2) is 68.6 Å². The molecule has 0 spiro atoms. The van der Waals surface area contributed by atoms with Gasteiger partial charge in [-0.15, -0.1) is 5.10 Å². The zero-order valence-corrected chi connectivity index (χ0v) is 22.8. The molecule has 1 aromatic heterocycles. The lowest BCUT2D eigenvalue weighted by molar-refractivity contribution is -0.114. The number of nitrogens with zero attached hydrogens (tertiary/aromatic N) is 6. The van der Waals surface area contributed by atoms with Crippen LogP contribution in [0.1, 0.15) is 41.0 Å². The second kappa shape index (κ2) is 12.1. The first kappa shape index (κ1) is 26.5. The van der Waals surface area contributed by atoms with Crippen LogP contribution in [0, 0.1) is 13.8 Å². The fourth-order valence-electron chi connectivity index (χ4n) is 5.24. The number of anilines is 1. The molecule has 1 amide bonds. The van der Waals surface area contributed by atoms with Crippen molar-refractivity contribution in [3.8, 4) is 5.69 Å². The van der Waals surface area contributed by atoms with E-state index in [0.29, 0.717) is 0 Å². The maximum atomic E-state index is 11.6. The zero-order chi connectivity index (χ0) is 27.2. The third kappa shape index (κ3) is 6.30. The minimum atomic E-state index is -0.132. The number of para-hydroxylation sites is 1. The third-order valence-electron chi connectivity index (χ3n) is 7.18. The van der Waals surface area contributed by atoms with Gasteiger partial charge in [0.1, 0.15) is 0 Å². The van der Waals surface area contributed by atoms with Crippen LogP contribution in [0.5, 0.6) is 0 Å². The number of rotatable bonds is 8. The second-order valence-corrected chi connectivity index (χ2v) is 10.0. The van der Waals surface area contributed by atoms with Crippen molar-refractivity contribution in [3.63, 3.8) is 0 Å². The highest BCUT2D eigenvalue weighted by Gasteiger charge is 2.31. The molecular weight excluding hydrogens is 486 g/mol. The molecule has 5 rings (SSSR count). The lowest BCUT2D eigenvalue weighted by Gasteiger charge is -2.38. The Morgan fingerprint density at radius 1 is 0.923 bits per heavy atom. The van der Waals surface area contributed by atoms with Crippen molar-refractivity contribution in [1.82, 2.24) is 30.0 Å². The minimum Gasteiger partial charge on any atom is -0.326 e. The highest BCUT2D eigenvalue weighted by atomic mass is 16.1. The van der Waals surface area contributed by atoms with Gasteiger partial charge in [-0.05, 0) is 58.7 Å². The molecule has 4 aromatic rings. The van der Waals surface area contributed by atoms with Crippen molar-refractivity contribution >= 4 is 17.7 Å². The molecule has 1 N–H and O–H groups in total. The van der Waals surface area contributed by atoms with Crippen molar-refractivity contribution in [2.24, 2.45) is 0 Å². The first-order valence-corrected chi connectivity index (χ1v) is 13.4. The fourth-order valence-corrected chi connectivity index (χ4v) is 5.24. The van der Waals surface area contributed by atoms with Gasteiger partial charge in [-0.2, -0.15) is 4.68 Å². The van der Waals surface area contributed by atoms with Gasteiger partial charge in [0.15, 0.2) is 5.82 Å². The topological polar surface area (TPSA) is 79.2 Å². The average molecular weight is 522 g/mol. The Balaban J connectivity index is 1.40. The maximum Gasteiger partial charge on any atom is 0.221 e. The van der Waals surface area contributed by atoms with Gasteiger partial charge in [-0.25, -0.2) is 0 Å². The first-order valence-electron chi connectivity index (χ1n) is 13.4. The van der Waals surface area contributed by atoms with Gasteiger partial charge in [0.05, 0.1) is 11.7 Å². The predicted octanol–water partition coefficient (Wildman–Crippen LogP) is 4.66. The van der Waals surface area contributed by atoms with Crippen LogP contribution in [0.3, 0.4) is 0 Å². The minimum absolute atomic E-state index is 0.0873. The summed E-state index contributed by atoms with van der Waals surface area (Å²) in [5.41, 5.74) is 6.34. The standard InChI is InChI=1S/C31H35N7O/c1-23-9-7-10-24(2)29(23)38-31(33-34-35-38)30(27-14-16-28(17-15-27)32-25(3)39)37-21-19-36(20-22-37)18-8-13-26-11-5-4-6-12-26/h4-17,30H,18-22H2,1-3H3,(H,32,39)/t30-/m0/s1. The summed E-state index contributed by atoms with van der Waals surface area (Å²) in [5, 5.41) is 16.0. The molecule has 0 aliphatic carbocycles. The molecule has 2 heterocycles. The number of amides is 1. The molecule has 8 heteroatoms. The number of aromatic nitrogens is 4. The molecule has 200 valence electrons. The molecule has 1 saturated heterocycles. The van der Waals surface area contributed by atoms with Crippen LogP contribution >= 0.6 is 0 Å². The summed E-state index contributed by atoms with van der Waals surface area (Å²) in [7, 11) is 0. The van der Waals surface area contributed by atoms with Gasteiger partial charge >= 0.3 is 0 Å². The monoisotopic (exact) mass is 521 g/mol. The molecule has 0 saturated carbocycles. The normalized spacial score (nSPS) is 15.5. The molecule has 39 heavy (non-hydrogen) atoms. The molecular formula is C31H35N7O. The first-order chi connectivity index (χ1) is 19.0. The smallest absolute Gasteiger partial charge is 0.221 e. The summed E-state index contributed by atoms with van der Waals surface area (Å²) in [6, 6.07) is 24.5. The van der Waals surface area contributed by atoms with Crippen molar-refractivity contribution < 1.29 is 4.79 Å². The Bertz CT molecular complexity index is 1400. The molecule has 1 fully saturated rings. The Kier molecular flexibility index (Phi) is 8.24. The number of piperazine rings is 1. The summed E-state index contributed by atoms with van der Waals surface area (Å²) in [6.07, 6.45) is 4.43. The number of nitrogens with one attached hydrogen (secondary N) is 1. The van der Waals surface area contributed by atoms with Crippen LogP contribution in [0.25, 0.3) is 11.8 Å². The largest absolute Gasteiger partial charge is 0.326 e. The van der Waals surface area contributed by atoms with E-state index in [4.69, 9.17) is 0 Å². The molecule has 0 unspecified atom stereocenters. The molecule has 1 aliphatic rings. The van der Waals surface area contributed by atoms with Gasteiger partial charge in [0, 0.05) is 45.3 Å². The quantitative estimate of drug-likeness (QED) is 0.363. The summed E-state index contributed by atoms with van der Waals surface area (Å²) in [5.74, 6) is 0.702. The number of hydrogen-bond acceptors (Lipinski definition) is 6. The van der Waals surface area contributed by atoms with E-state index in [1.807, 2.05) is 22.9 Å². The van der Waals surface area contributed by atoms with Crippen LogP contribution in [0.15, 0.2) is 78.9 Å². The van der Waals surface area contributed by atoms with Gasteiger partial charge in [-0.1, -0.05) is 72.8 Å². The fraction of sp³-hybridized carbons (Fsp3) is 0.290. The molecule has 1 atom stereocenters. The predicted molar refractivity (Wildman–Crippen MR) is 155 cm³/mol. The lowest BCUT2D eigenvalue weighted by Crippen LogP contribution is -2.48. The molecule has 0 radical (unpaired) electrons. The average Bonchev–Trinajstić information content (AvgIpc) is 3.40. The van der Waals surface area contributed by atoms with Crippen LogP contribution in [0.4, 0.5) is 5.69 Å². The van der Waals surface area contributed by atoms with Gasteiger partial charge in [-0.3, -0.25) is 14.6 Å². The van der Waals surface area contributed by atoms with Crippen molar-refractivity contribution in [2.45, 2.75) is 26.8 Å². The number of tetrazole rings is 1. The van der Waals surface area contributed by atoms with E-state index in [-0.39, 0.29) is 11.9 Å².